The topological polar surface area (TPSA) is 62.2 Å². The van der Waals surface area contributed by atoms with Crippen LogP contribution in [0.15, 0.2) is 48.5 Å². The van der Waals surface area contributed by atoms with Gasteiger partial charge in [-0.05, 0) is 36.1 Å². The van der Waals surface area contributed by atoms with Crippen molar-refractivity contribution in [2.75, 3.05) is 32.9 Å². The number of hydrogen-bond donors (Lipinski definition) is 2. The number of piperidine rings is 1. The maximum atomic E-state index is 10.7. The van der Waals surface area contributed by atoms with Crippen molar-refractivity contribution in [1.29, 1.82) is 0 Å². The van der Waals surface area contributed by atoms with Gasteiger partial charge in [0, 0.05) is 25.0 Å². The number of ether oxygens (including phenoxy) is 2. The highest BCUT2D eigenvalue weighted by atomic mass is 16.6. The fourth-order valence-corrected chi connectivity index (χ4v) is 4.21. The Balaban J connectivity index is 1.49. The average molecular weight is 369 g/mol. The Morgan fingerprint density at radius 3 is 2.56 bits per heavy atom. The second kappa shape index (κ2) is 7.89. The van der Waals surface area contributed by atoms with Crippen LogP contribution in [0.4, 0.5) is 0 Å². The molecule has 2 atom stereocenters. The van der Waals surface area contributed by atoms with Gasteiger partial charge in [-0.25, -0.2) is 0 Å². The summed E-state index contributed by atoms with van der Waals surface area (Å²) in [6, 6.07) is 16.2. The van der Waals surface area contributed by atoms with Gasteiger partial charge in [-0.15, -0.1) is 0 Å². The molecule has 0 spiro atoms. The molecular formula is C22H27NO4. The zero-order valence-corrected chi connectivity index (χ0v) is 15.5. The zero-order chi connectivity index (χ0) is 18.7. The second-order valence-electron chi connectivity index (χ2n) is 7.68. The van der Waals surface area contributed by atoms with Crippen LogP contribution in [0.25, 0.3) is 0 Å². The van der Waals surface area contributed by atoms with E-state index in [1.165, 1.54) is 0 Å². The third kappa shape index (κ3) is 3.95. The Hall–Kier alpha value is -2.08. The molecule has 0 amide bonds. The number of likely N-dealkylation sites (tertiary alicyclic amines) is 1. The highest BCUT2D eigenvalue weighted by Crippen LogP contribution is 2.36. The minimum Gasteiger partial charge on any atom is -0.486 e. The molecule has 2 aliphatic rings. The lowest BCUT2D eigenvalue weighted by Gasteiger charge is -2.45. The van der Waals surface area contributed by atoms with Gasteiger partial charge in [-0.3, -0.25) is 4.90 Å². The lowest BCUT2D eigenvalue weighted by atomic mass is 9.73. The standard InChI is InChI=1S/C22H27NO4/c24-16-22(13-17-4-2-1-3-5-17)15-23(9-8-21(22)25)14-18-6-7-19-20(12-18)27-11-10-26-19/h1-7,12,21,24-25H,8-11,13-16H2/t21-,22+/m1/s1. The molecule has 5 heteroatoms. The SMILES string of the molecule is OC[C@]1(Cc2ccccc2)CN(Cc2ccc3c(c2)OCCO3)CC[C@H]1O. The second-order valence-corrected chi connectivity index (χ2v) is 7.68. The third-order valence-electron chi connectivity index (χ3n) is 5.69. The first kappa shape index (κ1) is 18.3. The van der Waals surface area contributed by atoms with Crippen LogP contribution >= 0.6 is 0 Å². The summed E-state index contributed by atoms with van der Waals surface area (Å²) < 4.78 is 11.3. The Labute approximate surface area is 160 Å². The summed E-state index contributed by atoms with van der Waals surface area (Å²) in [5.41, 5.74) is 1.77. The predicted octanol–water partition coefficient (Wildman–Crippen LogP) is 2.25. The number of hydrogen-bond acceptors (Lipinski definition) is 5. The molecule has 0 bridgehead atoms. The van der Waals surface area contributed by atoms with Crippen molar-refractivity contribution in [1.82, 2.24) is 4.90 Å². The van der Waals surface area contributed by atoms with E-state index in [0.717, 1.165) is 35.7 Å². The number of fused-ring (bicyclic) bond motifs is 1. The van der Waals surface area contributed by atoms with Gasteiger partial charge in [-0.2, -0.15) is 0 Å². The summed E-state index contributed by atoms with van der Waals surface area (Å²) in [6.45, 7) is 3.38. The van der Waals surface area contributed by atoms with E-state index < -0.39 is 11.5 Å². The van der Waals surface area contributed by atoms with Gasteiger partial charge in [0.15, 0.2) is 11.5 Å². The van der Waals surface area contributed by atoms with Crippen LogP contribution in [0.2, 0.25) is 0 Å². The molecule has 5 nitrogen and oxygen atoms in total. The van der Waals surface area contributed by atoms with Crippen LogP contribution in [-0.4, -0.2) is 54.1 Å². The smallest absolute Gasteiger partial charge is 0.161 e. The molecule has 2 N–H and O–H groups in total. The molecule has 2 aromatic carbocycles. The number of benzene rings is 2. The first-order valence-electron chi connectivity index (χ1n) is 9.62. The molecular weight excluding hydrogens is 342 g/mol. The van der Waals surface area contributed by atoms with E-state index in [1.54, 1.807) is 0 Å². The summed E-state index contributed by atoms with van der Waals surface area (Å²) >= 11 is 0. The normalized spacial score (nSPS) is 25.3. The number of nitrogens with zero attached hydrogens (tertiary/aromatic N) is 1. The van der Waals surface area contributed by atoms with E-state index in [9.17, 15) is 10.2 Å². The summed E-state index contributed by atoms with van der Waals surface area (Å²) in [5.74, 6) is 1.60. The van der Waals surface area contributed by atoms with E-state index in [2.05, 4.69) is 23.1 Å². The van der Waals surface area contributed by atoms with Gasteiger partial charge in [0.05, 0.1) is 12.7 Å². The minimum atomic E-state index is -0.534. The first-order valence-corrected chi connectivity index (χ1v) is 9.62. The monoisotopic (exact) mass is 369 g/mol. The van der Waals surface area contributed by atoms with Crippen molar-refractivity contribution >= 4 is 0 Å². The van der Waals surface area contributed by atoms with Crippen LogP contribution < -0.4 is 9.47 Å². The molecule has 0 aromatic heterocycles. The Bertz CT molecular complexity index is 766. The zero-order valence-electron chi connectivity index (χ0n) is 15.5. The number of rotatable bonds is 5. The molecule has 144 valence electrons. The van der Waals surface area contributed by atoms with Crippen molar-refractivity contribution in [3.63, 3.8) is 0 Å². The molecule has 0 saturated carbocycles. The molecule has 2 aliphatic heterocycles. The van der Waals surface area contributed by atoms with Crippen LogP contribution in [0, 0.1) is 5.41 Å². The third-order valence-corrected chi connectivity index (χ3v) is 5.69. The van der Waals surface area contributed by atoms with Gasteiger partial charge in [-0.1, -0.05) is 36.4 Å². The minimum absolute atomic E-state index is 0.0271. The van der Waals surface area contributed by atoms with E-state index >= 15 is 0 Å². The molecule has 1 fully saturated rings. The fraction of sp³-hybridized carbons (Fsp3) is 0.455. The summed E-state index contributed by atoms with van der Waals surface area (Å²) in [6.07, 6.45) is 0.834. The molecule has 2 heterocycles. The molecule has 27 heavy (non-hydrogen) atoms. The first-order chi connectivity index (χ1) is 13.2. The summed E-state index contributed by atoms with van der Waals surface area (Å²) in [7, 11) is 0. The van der Waals surface area contributed by atoms with Crippen molar-refractivity contribution in [2.24, 2.45) is 5.41 Å². The van der Waals surface area contributed by atoms with Gasteiger partial charge < -0.3 is 19.7 Å². The Kier molecular flexibility index (Phi) is 5.34. The maximum absolute atomic E-state index is 10.7. The van der Waals surface area contributed by atoms with Crippen LogP contribution in [-0.2, 0) is 13.0 Å². The van der Waals surface area contributed by atoms with E-state index in [-0.39, 0.29) is 6.61 Å². The van der Waals surface area contributed by atoms with E-state index in [1.807, 2.05) is 30.3 Å². The van der Waals surface area contributed by atoms with E-state index in [4.69, 9.17) is 9.47 Å². The van der Waals surface area contributed by atoms with Crippen LogP contribution in [0.3, 0.4) is 0 Å². The summed E-state index contributed by atoms with van der Waals surface area (Å²) in [5, 5.41) is 20.9. The molecule has 4 rings (SSSR count). The van der Waals surface area contributed by atoms with Crippen LogP contribution in [0.5, 0.6) is 11.5 Å². The lowest BCUT2D eigenvalue weighted by Crippen LogP contribution is -2.54. The molecule has 0 radical (unpaired) electrons. The number of aliphatic hydroxyl groups excluding tert-OH is 2. The average Bonchev–Trinajstić information content (AvgIpc) is 2.71. The Morgan fingerprint density at radius 1 is 1.00 bits per heavy atom. The highest BCUT2D eigenvalue weighted by molar-refractivity contribution is 5.43. The molecule has 1 saturated heterocycles. The largest absolute Gasteiger partial charge is 0.486 e. The highest BCUT2D eigenvalue weighted by Gasteiger charge is 2.42. The van der Waals surface area contributed by atoms with Gasteiger partial charge in [0.25, 0.3) is 0 Å². The molecule has 2 aromatic rings. The molecule has 0 unspecified atom stereocenters. The summed E-state index contributed by atoms with van der Waals surface area (Å²) in [4.78, 5) is 2.32. The van der Waals surface area contributed by atoms with Gasteiger partial charge in [0.1, 0.15) is 13.2 Å². The van der Waals surface area contributed by atoms with E-state index in [0.29, 0.717) is 32.6 Å². The van der Waals surface area contributed by atoms with Crippen molar-refractivity contribution < 1.29 is 19.7 Å². The predicted molar refractivity (Wildman–Crippen MR) is 103 cm³/mol. The number of aliphatic hydroxyl groups is 2. The van der Waals surface area contributed by atoms with Gasteiger partial charge in [0.2, 0.25) is 0 Å². The fourth-order valence-electron chi connectivity index (χ4n) is 4.21. The van der Waals surface area contributed by atoms with Gasteiger partial charge >= 0.3 is 0 Å². The van der Waals surface area contributed by atoms with Crippen molar-refractivity contribution in [3.8, 4) is 11.5 Å². The lowest BCUT2D eigenvalue weighted by molar-refractivity contribution is -0.0768. The molecule has 0 aliphatic carbocycles. The van der Waals surface area contributed by atoms with Crippen molar-refractivity contribution in [2.45, 2.75) is 25.5 Å². The quantitative estimate of drug-likeness (QED) is 0.846. The van der Waals surface area contributed by atoms with Crippen molar-refractivity contribution in [3.05, 3.63) is 59.7 Å². The maximum Gasteiger partial charge on any atom is 0.161 e. The Morgan fingerprint density at radius 2 is 1.78 bits per heavy atom. The van der Waals surface area contributed by atoms with Crippen LogP contribution in [0.1, 0.15) is 17.5 Å².